The number of nitrogens with one attached hydrogen (secondary N) is 1. The molecule has 122 valence electrons. The largest absolute Gasteiger partial charge is 0.493 e. The minimum atomic E-state index is 0.0373. The molecule has 1 spiro atoms. The molecule has 1 unspecified atom stereocenters. The molecule has 1 aromatic carbocycles. The molecule has 1 aliphatic carbocycles. The highest BCUT2D eigenvalue weighted by Crippen LogP contribution is 2.46. The smallest absolute Gasteiger partial charge is 0.128 e. The maximum atomic E-state index is 6.52. The summed E-state index contributed by atoms with van der Waals surface area (Å²) in [6.07, 6.45) is 7.37. The zero-order chi connectivity index (χ0) is 15.6. The monoisotopic (exact) mass is 303 g/mol. The van der Waals surface area contributed by atoms with E-state index in [1.165, 1.54) is 37.7 Å². The lowest BCUT2D eigenvalue weighted by Crippen LogP contribution is -2.45. The second kappa shape index (κ2) is 6.49. The molecular formula is C19H29NO2. The summed E-state index contributed by atoms with van der Waals surface area (Å²) < 4.78 is 12.4. The van der Waals surface area contributed by atoms with Crippen molar-refractivity contribution in [3.63, 3.8) is 0 Å². The van der Waals surface area contributed by atoms with Gasteiger partial charge in [-0.05, 0) is 44.7 Å². The van der Waals surface area contributed by atoms with Crippen LogP contribution in [0.25, 0.3) is 0 Å². The van der Waals surface area contributed by atoms with Crippen LogP contribution in [-0.4, -0.2) is 19.3 Å². The number of benzene rings is 1. The number of fused-ring (bicyclic) bond motifs is 1. The second-order valence-electron chi connectivity index (χ2n) is 7.30. The van der Waals surface area contributed by atoms with Crippen LogP contribution in [0.1, 0.15) is 64.0 Å². The summed E-state index contributed by atoms with van der Waals surface area (Å²) in [6, 6.07) is 6.73. The van der Waals surface area contributed by atoms with Gasteiger partial charge in [0.1, 0.15) is 17.1 Å². The Kier molecular flexibility index (Phi) is 4.62. The van der Waals surface area contributed by atoms with Crippen molar-refractivity contribution in [2.24, 2.45) is 5.92 Å². The van der Waals surface area contributed by atoms with Crippen LogP contribution in [0.15, 0.2) is 18.2 Å². The summed E-state index contributed by atoms with van der Waals surface area (Å²) in [5.41, 5.74) is 1.31. The molecule has 3 heteroatoms. The van der Waals surface area contributed by atoms with Gasteiger partial charge in [0.25, 0.3) is 0 Å². The van der Waals surface area contributed by atoms with Crippen molar-refractivity contribution < 1.29 is 9.47 Å². The molecule has 1 N–H and O–H groups in total. The van der Waals surface area contributed by atoms with E-state index in [0.29, 0.717) is 12.0 Å². The first-order chi connectivity index (χ1) is 10.6. The zero-order valence-electron chi connectivity index (χ0n) is 14.2. The minimum absolute atomic E-state index is 0.0373. The molecule has 1 fully saturated rings. The van der Waals surface area contributed by atoms with E-state index in [2.05, 4.69) is 44.4 Å². The van der Waals surface area contributed by atoms with E-state index in [4.69, 9.17) is 9.47 Å². The summed E-state index contributed by atoms with van der Waals surface area (Å²) in [6.45, 7) is 5.09. The van der Waals surface area contributed by atoms with Crippen molar-refractivity contribution in [2.45, 2.75) is 64.0 Å². The fraction of sp³-hybridized carbons (Fsp3) is 0.684. The van der Waals surface area contributed by atoms with Gasteiger partial charge in [0.15, 0.2) is 0 Å². The summed E-state index contributed by atoms with van der Waals surface area (Å²) in [5, 5.41) is 3.48. The van der Waals surface area contributed by atoms with Gasteiger partial charge in [0, 0.05) is 24.1 Å². The van der Waals surface area contributed by atoms with Crippen molar-refractivity contribution in [1.82, 2.24) is 5.32 Å². The predicted octanol–water partition coefficient (Wildman–Crippen LogP) is 4.47. The molecule has 1 aromatic rings. The number of ether oxygens (including phenoxy) is 2. The van der Waals surface area contributed by atoms with E-state index in [-0.39, 0.29) is 5.60 Å². The van der Waals surface area contributed by atoms with E-state index in [9.17, 15) is 0 Å². The summed E-state index contributed by atoms with van der Waals surface area (Å²) in [4.78, 5) is 0. The molecule has 1 aliphatic heterocycles. The lowest BCUT2D eigenvalue weighted by molar-refractivity contribution is -0.00199. The summed E-state index contributed by atoms with van der Waals surface area (Å²) in [5.74, 6) is 2.48. The Morgan fingerprint density at radius 1 is 1.27 bits per heavy atom. The van der Waals surface area contributed by atoms with Gasteiger partial charge >= 0.3 is 0 Å². The van der Waals surface area contributed by atoms with E-state index in [0.717, 1.165) is 24.5 Å². The van der Waals surface area contributed by atoms with Gasteiger partial charge in [-0.25, -0.2) is 0 Å². The zero-order valence-corrected chi connectivity index (χ0v) is 14.2. The Bertz CT molecular complexity index is 506. The van der Waals surface area contributed by atoms with Gasteiger partial charge in [0.2, 0.25) is 0 Å². The SMILES string of the molecule is CNC1CC2(CCCCC2)Oc2cc(OCC(C)C)ccc21. The van der Waals surface area contributed by atoms with Crippen LogP contribution < -0.4 is 14.8 Å². The van der Waals surface area contributed by atoms with Gasteiger partial charge in [-0.1, -0.05) is 26.3 Å². The highest BCUT2D eigenvalue weighted by atomic mass is 16.5. The Balaban J connectivity index is 1.84. The molecule has 1 heterocycles. The third-order valence-corrected chi connectivity index (χ3v) is 4.96. The normalized spacial score (nSPS) is 23.2. The Morgan fingerprint density at radius 3 is 2.73 bits per heavy atom. The molecule has 3 nitrogen and oxygen atoms in total. The molecule has 1 atom stereocenters. The van der Waals surface area contributed by atoms with E-state index in [1.807, 2.05) is 0 Å². The minimum Gasteiger partial charge on any atom is -0.493 e. The van der Waals surface area contributed by atoms with Crippen LogP contribution in [-0.2, 0) is 0 Å². The van der Waals surface area contributed by atoms with Gasteiger partial charge < -0.3 is 14.8 Å². The van der Waals surface area contributed by atoms with Gasteiger partial charge in [-0.15, -0.1) is 0 Å². The molecular weight excluding hydrogens is 274 g/mol. The first-order valence-electron chi connectivity index (χ1n) is 8.75. The fourth-order valence-corrected chi connectivity index (χ4v) is 3.76. The van der Waals surface area contributed by atoms with Crippen LogP contribution in [0.5, 0.6) is 11.5 Å². The summed E-state index contributed by atoms with van der Waals surface area (Å²) in [7, 11) is 2.06. The molecule has 0 bridgehead atoms. The van der Waals surface area contributed by atoms with E-state index < -0.39 is 0 Å². The Morgan fingerprint density at radius 2 is 2.05 bits per heavy atom. The topological polar surface area (TPSA) is 30.5 Å². The van der Waals surface area contributed by atoms with E-state index in [1.54, 1.807) is 0 Å². The third-order valence-electron chi connectivity index (χ3n) is 4.96. The molecule has 2 aliphatic rings. The van der Waals surface area contributed by atoms with Gasteiger partial charge in [-0.3, -0.25) is 0 Å². The molecule has 0 saturated heterocycles. The molecule has 0 aromatic heterocycles. The standard InChI is InChI=1S/C19H29NO2/c1-14(2)13-21-15-7-8-16-17(20-3)12-19(22-18(16)11-15)9-5-4-6-10-19/h7-8,11,14,17,20H,4-6,9-10,12-13H2,1-3H3. The van der Waals surface area contributed by atoms with Crippen LogP contribution in [0.4, 0.5) is 0 Å². The highest BCUT2D eigenvalue weighted by Gasteiger charge is 2.41. The third kappa shape index (κ3) is 3.24. The number of hydrogen-bond acceptors (Lipinski definition) is 3. The second-order valence-corrected chi connectivity index (χ2v) is 7.30. The first kappa shape index (κ1) is 15.7. The predicted molar refractivity (Wildman–Crippen MR) is 89.6 cm³/mol. The maximum absolute atomic E-state index is 6.52. The maximum Gasteiger partial charge on any atom is 0.128 e. The first-order valence-corrected chi connectivity index (χ1v) is 8.75. The lowest BCUT2D eigenvalue weighted by atomic mass is 9.77. The van der Waals surface area contributed by atoms with Crippen molar-refractivity contribution >= 4 is 0 Å². The molecule has 3 rings (SSSR count). The number of rotatable bonds is 4. The highest BCUT2D eigenvalue weighted by molar-refractivity contribution is 5.44. The van der Waals surface area contributed by atoms with Crippen LogP contribution >= 0.6 is 0 Å². The fourth-order valence-electron chi connectivity index (χ4n) is 3.76. The molecule has 22 heavy (non-hydrogen) atoms. The molecule has 1 saturated carbocycles. The van der Waals surface area contributed by atoms with E-state index >= 15 is 0 Å². The van der Waals surface area contributed by atoms with Crippen molar-refractivity contribution in [1.29, 1.82) is 0 Å². The number of hydrogen-bond donors (Lipinski definition) is 1. The lowest BCUT2D eigenvalue weighted by Gasteiger charge is -2.44. The van der Waals surface area contributed by atoms with Crippen molar-refractivity contribution in [3.8, 4) is 11.5 Å². The summed E-state index contributed by atoms with van der Waals surface area (Å²) >= 11 is 0. The van der Waals surface area contributed by atoms with Gasteiger partial charge in [-0.2, -0.15) is 0 Å². The molecule has 0 radical (unpaired) electrons. The van der Waals surface area contributed by atoms with Crippen molar-refractivity contribution in [3.05, 3.63) is 23.8 Å². The Hall–Kier alpha value is -1.22. The van der Waals surface area contributed by atoms with Crippen LogP contribution in [0.2, 0.25) is 0 Å². The average Bonchev–Trinajstić information content (AvgIpc) is 2.52. The average molecular weight is 303 g/mol. The molecule has 0 amide bonds. The van der Waals surface area contributed by atoms with Crippen molar-refractivity contribution in [2.75, 3.05) is 13.7 Å². The Labute approximate surface area is 134 Å². The quantitative estimate of drug-likeness (QED) is 0.890. The van der Waals surface area contributed by atoms with Gasteiger partial charge in [0.05, 0.1) is 6.61 Å². The van der Waals surface area contributed by atoms with Crippen LogP contribution in [0.3, 0.4) is 0 Å². The van der Waals surface area contributed by atoms with Crippen LogP contribution in [0, 0.1) is 5.92 Å².